The smallest absolute Gasteiger partial charge is 0.188 e. The summed E-state index contributed by atoms with van der Waals surface area (Å²) in [7, 11) is 0. The van der Waals surface area contributed by atoms with E-state index in [-0.39, 0.29) is 0 Å². The molecule has 3 rings (SSSR count). The first-order valence-electron chi connectivity index (χ1n) is 6.30. The van der Waals surface area contributed by atoms with Gasteiger partial charge in [-0.25, -0.2) is 15.0 Å². The monoisotopic (exact) mass is 382 g/mol. The van der Waals surface area contributed by atoms with Crippen LogP contribution in [0.25, 0.3) is 5.65 Å². The van der Waals surface area contributed by atoms with Crippen LogP contribution in [0.4, 0.5) is 0 Å². The summed E-state index contributed by atoms with van der Waals surface area (Å²) < 4.78 is 2.84. The van der Waals surface area contributed by atoms with Gasteiger partial charge in [-0.15, -0.1) is 0 Å². The molecule has 0 N–H and O–H groups in total. The lowest BCUT2D eigenvalue weighted by atomic mass is 10.4. The second-order valence-electron chi connectivity index (χ2n) is 4.65. The highest BCUT2D eigenvalue weighted by molar-refractivity contribution is 9.10. The third-order valence-corrected chi connectivity index (χ3v) is 4.81. The predicted octanol–water partition coefficient (Wildman–Crippen LogP) is 4.45. The molecule has 0 amide bonds. The van der Waals surface area contributed by atoms with Gasteiger partial charge in [-0.1, -0.05) is 23.4 Å². The first-order chi connectivity index (χ1) is 10.0. The molecule has 0 unspecified atom stereocenters. The van der Waals surface area contributed by atoms with E-state index in [2.05, 4.69) is 30.9 Å². The molecule has 0 aliphatic heterocycles. The third kappa shape index (κ3) is 3.22. The molecular formula is C14H12BrClN4S. The van der Waals surface area contributed by atoms with Gasteiger partial charge in [-0.2, -0.15) is 0 Å². The highest BCUT2D eigenvalue weighted by Crippen LogP contribution is 2.27. The molecule has 3 aromatic heterocycles. The fourth-order valence-corrected chi connectivity index (χ4v) is 3.76. The SMILES string of the molecule is Cc1cc(C)nc(SCc2nc3ccc(Cl)cn3c2Br)n1. The average Bonchev–Trinajstić information content (AvgIpc) is 2.72. The Balaban J connectivity index is 1.86. The van der Waals surface area contributed by atoms with E-state index in [4.69, 9.17) is 11.6 Å². The van der Waals surface area contributed by atoms with E-state index in [1.807, 2.05) is 42.6 Å². The van der Waals surface area contributed by atoms with Gasteiger partial charge in [0.15, 0.2) is 5.16 Å². The Morgan fingerprint density at radius 2 is 1.90 bits per heavy atom. The number of aryl methyl sites for hydroxylation is 2. The van der Waals surface area contributed by atoms with Crippen molar-refractivity contribution in [2.75, 3.05) is 0 Å². The molecule has 3 aromatic rings. The number of nitrogens with zero attached hydrogens (tertiary/aromatic N) is 4. The van der Waals surface area contributed by atoms with Crippen LogP contribution in [-0.2, 0) is 5.75 Å². The van der Waals surface area contributed by atoms with Gasteiger partial charge in [0, 0.05) is 23.3 Å². The summed E-state index contributed by atoms with van der Waals surface area (Å²) in [6.45, 7) is 3.95. The topological polar surface area (TPSA) is 43.1 Å². The van der Waals surface area contributed by atoms with Crippen molar-refractivity contribution in [3.63, 3.8) is 0 Å². The number of thioether (sulfide) groups is 1. The Morgan fingerprint density at radius 1 is 1.19 bits per heavy atom. The number of aromatic nitrogens is 4. The van der Waals surface area contributed by atoms with Gasteiger partial charge in [-0.05, 0) is 48.0 Å². The molecule has 0 aliphatic rings. The maximum absolute atomic E-state index is 6.01. The number of halogens is 2. The van der Waals surface area contributed by atoms with Crippen molar-refractivity contribution < 1.29 is 0 Å². The molecule has 0 aromatic carbocycles. The van der Waals surface area contributed by atoms with Crippen LogP contribution in [0.15, 0.2) is 34.2 Å². The van der Waals surface area contributed by atoms with Crippen LogP contribution >= 0.6 is 39.3 Å². The first-order valence-corrected chi connectivity index (χ1v) is 8.45. The van der Waals surface area contributed by atoms with Crippen LogP contribution in [0.2, 0.25) is 5.02 Å². The highest BCUT2D eigenvalue weighted by atomic mass is 79.9. The van der Waals surface area contributed by atoms with E-state index in [1.54, 1.807) is 11.8 Å². The lowest BCUT2D eigenvalue weighted by Crippen LogP contribution is -1.93. The molecule has 0 aliphatic carbocycles. The molecule has 3 heterocycles. The fourth-order valence-electron chi connectivity index (χ4n) is 2.02. The number of pyridine rings is 1. The Bertz CT molecular complexity index is 798. The van der Waals surface area contributed by atoms with Gasteiger partial charge in [0.2, 0.25) is 0 Å². The summed E-state index contributed by atoms with van der Waals surface area (Å²) in [6, 6.07) is 5.70. The molecule has 0 radical (unpaired) electrons. The van der Waals surface area contributed by atoms with Crippen molar-refractivity contribution in [1.82, 2.24) is 19.4 Å². The van der Waals surface area contributed by atoms with E-state index in [0.717, 1.165) is 32.5 Å². The van der Waals surface area contributed by atoms with Crippen LogP contribution in [0.3, 0.4) is 0 Å². The van der Waals surface area contributed by atoms with Crippen molar-refractivity contribution in [3.05, 3.63) is 51.1 Å². The van der Waals surface area contributed by atoms with E-state index < -0.39 is 0 Å². The van der Waals surface area contributed by atoms with Crippen LogP contribution in [0.5, 0.6) is 0 Å². The molecule has 108 valence electrons. The van der Waals surface area contributed by atoms with Crippen LogP contribution in [0, 0.1) is 13.8 Å². The van der Waals surface area contributed by atoms with Gasteiger partial charge < -0.3 is 0 Å². The molecule has 0 saturated heterocycles. The molecule has 0 spiro atoms. The zero-order valence-corrected chi connectivity index (χ0v) is 14.6. The Kier molecular flexibility index (Phi) is 4.19. The predicted molar refractivity (Wildman–Crippen MR) is 89.0 cm³/mol. The summed E-state index contributed by atoms with van der Waals surface area (Å²) in [5.74, 6) is 0.697. The lowest BCUT2D eigenvalue weighted by Gasteiger charge is -2.02. The van der Waals surface area contributed by atoms with Crippen LogP contribution < -0.4 is 0 Å². The summed E-state index contributed by atoms with van der Waals surface area (Å²) >= 11 is 11.2. The number of fused-ring (bicyclic) bond motifs is 1. The molecule has 0 atom stereocenters. The maximum Gasteiger partial charge on any atom is 0.188 e. The van der Waals surface area contributed by atoms with Crippen molar-refractivity contribution in [2.45, 2.75) is 24.8 Å². The minimum Gasteiger partial charge on any atom is -0.292 e. The van der Waals surface area contributed by atoms with E-state index in [0.29, 0.717) is 10.8 Å². The average molecular weight is 384 g/mol. The van der Waals surface area contributed by atoms with Crippen molar-refractivity contribution in [3.8, 4) is 0 Å². The maximum atomic E-state index is 6.01. The number of rotatable bonds is 3. The number of hydrogen-bond acceptors (Lipinski definition) is 4. The van der Waals surface area contributed by atoms with Crippen LogP contribution in [-0.4, -0.2) is 19.4 Å². The molecular weight excluding hydrogens is 372 g/mol. The molecule has 7 heteroatoms. The second kappa shape index (κ2) is 5.94. The molecule has 0 saturated carbocycles. The number of hydrogen-bond donors (Lipinski definition) is 0. The normalized spacial score (nSPS) is 11.2. The third-order valence-electron chi connectivity index (χ3n) is 2.89. The highest BCUT2D eigenvalue weighted by Gasteiger charge is 2.11. The summed E-state index contributed by atoms with van der Waals surface area (Å²) in [5.41, 5.74) is 3.77. The van der Waals surface area contributed by atoms with Gasteiger partial charge in [0.1, 0.15) is 10.3 Å². The van der Waals surface area contributed by atoms with Gasteiger partial charge in [-0.3, -0.25) is 4.40 Å². The van der Waals surface area contributed by atoms with Gasteiger partial charge >= 0.3 is 0 Å². The molecule has 21 heavy (non-hydrogen) atoms. The van der Waals surface area contributed by atoms with Crippen molar-refractivity contribution >= 4 is 44.9 Å². The van der Waals surface area contributed by atoms with Crippen molar-refractivity contribution in [1.29, 1.82) is 0 Å². The first kappa shape index (κ1) is 14.8. The number of imidazole rings is 1. The minimum absolute atomic E-state index is 0.678. The van der Waals surface area contributed by atoms with Gasteiger partial charge in [0.05, 0.1) is 10.7 Å². The van der Waals surface area contributed by atoms with E-state index in [1.165, 1.54) is 0 Å². The molecule has 4 nitrogen and oxygen atoms in total. The lowest BCUT2D eigenvalue weighted by molar-refractivity contribution is 0.901. The zero-order valence-electron chi connectivity index (χ0n) is 11.5. The molecule has 0 fully saturated rings. The minimum atomic E-state index is 0.678. The Labute approximate surface area is 140 Å². The van der Waals surface area contributed by atoms with Crippen LogP contribution in [0.1, 0.15) is 17.1 Å². The van der Waals surface area contributed by atoms with Gasteiger partial charge in [0.25, 0.3) is 0 Å². The summed E-state index contributed by atoms with van der Waals surface area (Å²) in [6.07, 6.45) is 1.84. The largest absolute Gasteiger partial charge is 0.292 e. The zero-order chi connectivity index (χ0) is 15.0. The quantitative estimate of drug-likeness (QED) is 0.495. The van der Waals surface area contributed by atoms with Crippen molar-refractivity contribution in [2.24, 2.45) is 0 Å². The Morgan fingerprint density at radius 3 is 2.62 bits per heavy atom. The standard InChI is InChI=1S/C14H12BrClN4S/c1-8-5-9(2)18-14(17-8)21-7-11-13(15)20-6-10(16)3-4-12(20)19-11/h3-6H,7H2,1-2H3. The second-order valence-corrected chi connectivity index (χ2v) is 6.78. The summed E-state index contributed by atoms with van der Waals surface area (Å²) in [4.78, 5) is 13.4. The Hall–Kier alpha value is -1.11. The van der Waals surface area contributed by atoms with E-state index in [9.17, 15) is 0 Å². The fraction of sp³-hybridized carbons (Fsp3) is 0.214. The molecule has 0 bridgehead atoms. The van der Waals surface area contributed by atoms with E-state index >= 15 is 0 Å². The summed E-state index contributed by atoms with van der Waals surface area (Å²) in [5, 5.41) is 1.45.